The molecule has 0 spiro atoms. The lowest BCUT2D eigenvalue weighted by Crippen LogP contribution is -1.94. The van der Waals surface area contributed by atoms with Gasteiger partial charge in [-0.05, 0) is 36.4 Å². The zero-order valence-corrected chi connectivity index (χ0v) is 15.5. The predicted molar refractivity (Wildman–Crippen MR) is 99.0 cm³/mol. The number of fused-ring (bicyclic) bond motifs is 1. The Morgan fingerprint density at radius 1 is 1.00 bits per heavy atom. The number of hydrogen-bond donors (Lipinski definition) is 1. The van der Waals surface area contributed by atoms with Crippen LogP contribution >= 0.6 is 23.1 Å². The number of carboxylic acids is 1. The summed E-state index contributed by atoms with van der Waals surface area (Å²) in [5.41, 5.74) is 0. The summed E-state index contributed by atoms with van der Waals surface area (Å²) in [5.74, 6) is 1.06. The van der Waals surface area contributed by atoms with Crippen LogP contribution in [0.25, 0.3) is 10.1 Å². The molecule has 5 nitrogen and oxygen atoms in total. The maximum Gasteiger partial charge on any atom is 0.347 e. The summed E-state index contributed by atoms with van der Waals surface area (Å²) in [7, 11) is 4.76. The zero-order valence-electron chi connectivity index (χ0n) is 13.9. The van der Waals surface area contributed by atoms with Gasteiger partial charge in [-0.25, -0.2) is 4.79 Å². The van der Waals surface area contributed by atoms with E-state index >= 15 is 0 Å². The second-order valence-corrected chi connectivity index (χ2v) is 7.15. The van der Waals surface area contributed by atoms with E-state index in [9.17, 15) is 9.90 Å². The van der Waals surface area contributed by atoms with Crippen LogP contribution in [-0.4, -0.2) is 32.4 Å². The third kappa shape index (κ3) is 3.38. The summed E-state index contributed by atoms with van der Waals surface area (Å²) in [4.78, 5) is 13.5. The van der Waals surface area contributed by atoms with Crippen molar-refractivity contribution >= 4 is 39.2 Å². The van der Waals surface area contributed by atoms with Crippen molar-refractivity contribution in [3.63, 3.8) is 0 Å². The van der Waals surface area contributed by atoms with Gasteiger partial charge in [0.15, 0.2) is 0 Å². The minimum absolute atomic E-state index is 0.290. The molecule has 0 bridgehead atoms. The molecule has 0 saturated carbocycles. The SMILES string of the molecule is COc1ccc(OC)c(Sc2c(C(=O)O)sc3ccc(OC)cc23)c1. The van der Waals surface area contributed by atoms with Crippen LogP contribution in [0.2, 0.25) is 0 Å². The van der Waals surface area contributed by atoms with Gasteiger partial charge in [-0.2, -0.15) is 0 Å². The normalized spacial score (nSPS) is 10.7. The van der Waals surface area contributed by atoms with E-state index in [1.165, 1.54) is 23.1 Å². The summed E-state index contributed by atoms with van der Waals surface area (Å²) in [5, 5.41) is 10.5. The first-order valence-electron chi connectivity index (χ1n) is 7.31. The van der Waals surface area contributed by atoms with E-state index in [1.807, 2.05) is 24.3 Å². The minimum Gasteiger partial charge on any atom is -0.497 e. The molecule has 0 aliphatic carbocycles. The molecule has 25 heavy (non-hydrogen) atoms. The van der Waals surface area contributed by atoms with E-state index in [0.29, 0.717) is 22.1 Å². The Bertz CT molecular complexity index is 933. The van der Waals surface area contributed by atoms with Crippen molar-refractivity contribution in [2.45, 2.75) is 9.79 Å². The highest BCUT2D eigenvalue weighted by Gasteiger charge is 2.21. The lowest BCUT2D eigenvalue weighted by atomic mass is 10.2. The fourth-order valence-corrected chi connectivity index (χ4v) is 4.73. The van der Waals surface area contributed by atoms with E-state index < -0.39 is 5.97 Å². The number of methoxy groups -OCH3 is 3. The molecule has 2 aromatic carbocycles. The molecule has 0 amide bonds. The van der Waals surface area contributed by atoms with Crippen molar-refractivity contribution < 1.29 is 24.1 Å². The van der Waals surface area contributed by atoms with Gasteiger partial charge in [-0.3, -0.25) is 0 Å². The summed E-state index contributed by atoms with van der Waals surface area (Å²) in [6, 6.07) is 11.0. The van der Waals surface area contributed by atoms with Crippen molar-refractivity contribution in [3.8, 4) is 17.2 Å². The molecule has 0 unspecified atom stereocenters. The molecule has 1 N–H and O–H groups in total. The quantitative estimate of drug-likeness (QED) is 0.668. The third-order valence-electron chi connectivity index (χ3n) is 3.63. The molecular formula is C18H16O5S2. The summed E-state index contributed by atoms with van der Waals surface area (Å²) in [6.07, 6.45) is 0. The number of ether oxygens (including phenoxy) is 3. The molecule has 0 aliphatic rings. The largest absolute Gasteiger partial charge is 0.497 e. The van der Waals surface area contributed by atoms with Gasteiger partial charge >= 0.3 is 5.97 Å². The first-order valence-corrected chi connectivity index (χ1v) is 8.94. The number of carboxylic acid groups (broad SMARTS) is 1. The van der Waals surface area contributed by atoms with Gasteiger partial charge in [-0.1, -0.05) is 11.8 Å². The lowest BCUT2D eigenvalue weighted by Gasteiger charge is -2.10. The standard InChI is InChI=1S/C18H16O5S2/c1-21-10-5-7-14-12(8-10)16(17(24-14)18(19)20)25-15-9-11(22-2)4-6-13(15)23-3/h4-9H,1-3H3,(H,19,20). The molecule has 0 aliphatic heterocycles. The van der Waals surface area contributed by atoms with Crippen LogP contribution in [0, 0.1) is 0 Å². The van der Waals surface area contributed by atoms with Gasteiger partial charge in [0, 0.05) is 15.0 Å². The van der Waals surface area contributed by atoms with Gasteiger partial charge in [0.1, 0.15) is 22.1 Å². The third-order valence-corrected chi connectivity index (χ3v) is 6.08. The fraction of sp³-hybridized carbons (Fsp3) is 0.167. The van der Waals surface area contributed by atoms with Gasteiger partial charge in [-0.15, -0.1) is 11.3 Å². The molecule has 0 saturated heterocycles. The van der Waals surface area contributed by atoms with E-state index in [0.717, 1.165) is 15.0 Å². The van der Waals surface area contributed by atoms with Crippen LogP contribution in [-0.2, 0) is 0 Å². The predicted octanol–water partition coefficient (Wildman–Crippen LogP) is 4.78. The zero-order chi connectivity index (χ0) is 18.0. The van der Waals surface area contributed by atoms with E-state index in [2.05, 4.69) is 0 Å². The van der Waals surface area contributed by atoms with E-state index in [1.54, 1.807) is 33.5 Å². The van der Waals surface area contributed by atoms with Crippen molar-refractivity contribution in [2.75, 3.05) is 21.3 Å². The maximum absolute atomic E-state index is 11.7. The Hall–Kier alpha value is -2.38. The molecule has 1 heterocycles. The van der Waals surface area contributed by atoms with Gasteiger partial charge in [0.2, 0.25) is 0 Å². The Morgan fingerprint density at radius 3 is 2.32 bits per heavy atom. The average molecular weight is 376 g/mol. The first-order chi connectivity index (χ1) is 12.1. The number of thiophene rings is 1. The maximum atomic E-state index is 11.7. The van der Waals surface area contributed by atoms with E-state index in [-0.39, 0.29) is 4.88 Å². The number of hydrogen-bond acceptors (Lipinski definition) is 6. The molecule has 3 rings (SSSR count). The first kappa shape index (κ1) is 17.4. The number of aromatic carboxylic acids is 1. The van der Waals surface area contributed by atoms with Crippen molar-refractivity contribution in [2.24, 2.45) is 0 Å². The second-order valence-electron chi connectivity index (χ2n) is 5.05. The molecule has 0 fully saturated rings. The molecule has 1 aromatic heterocycles. The lowest BCUT2D eigenvalue weighted by molar-refractivity contribution is 0.0699. The number of benzene rings is 2. The summed E-state index contributed by atoms with van der Waals surface area (Å²) >= 11 is 2.59. The second kappa shape index (κ2) is 7.25. The Morgan fingerprint density at radius 2 is 1.68 bits per heavy atom. The monoisotopic (exact) mass is 376 g/mol. The Kier molecular flexibility index (Phi) is 5.06. The number of rotatable bonds is 6. The molecule has 0 radical (unpaired) electrons. The minimum atomic E-state index is -0.954. The van der Waals surface area contributed by atoms with Crippen LogP contribution in [0.15, 0.2) is 46.2 Å². The van der Waals surface area contributed by atoms with Crippen molar-refractivity contribution in [3.05, 3.63) is 41.3 Å². The highest BCUT2D eigenvalue weighted by molar-refractivity contribution is 8.00. The van der Waals surface area contributed by atoms with Gasteiger partial charge < -0.3 is 19.3 Å². The Labute approximate surface area is 153 Å². The van der Waals surface area contributed by atoms with Crippen LogP contribution in [0.1, 0.15) is 9.67 Å². The Balaban J connectivity index is 2.17. The molecular weight excluding hydrogens is 360 g/mol. The summed E-state index contributed by atoms with van der Waals surface area (Å²) < 4.78 is 16.9. The van der Waals surface area contributed by atoms with Crippen molar-refractivity contribution in [1.82, 2.24) is 0 Å². The highest BCUT2D eigenvalue weighted by atomic mass is 32.2. The van der Waals surface area contributed by atoms with Crippen LogP contribution in [0.5, 0.6) is 17.2 Å². The van der Waals surface area contributed by atoms with Gasteiger partial charge in [0.25, 0.3) is 0 Å². The average Bonchev–Trinajstić information content (AvgIpc) is 2.99. The summed E-state index contributed by atoms with van der Waals surface area (Å²) in [6.45, 7) is 0. The van der Waals surface area contributed by atoms with E-state index in [4.69, 9.17) is 14.2 Å². The van der Waals surface area contributed by atoms with Crippen LogP contribution in [0.3, 0.4) is 0 Å². The van der Waals surface area contributed by atoms with Crippen molar-refractivity contribution in [1.29, 1.82) is 0 Å². The fourth-order valence-electron chi connectivity index (χ4n) is 2.40. The van der Waals surface area contributed by atoms with Crippen LogP contribution < -0.4 is 14.2 Å². The molecule has 3 aromatic rings. The van der Waals surface area contributed by atoms with Gasteiger partial charge in [0.05, 0.1) is 26.2 Å². The number of carbonyl (C=O) groups is 1. The topological polar surface area (TPSA) is 65.0 Å². The molecule has 0 atom stereocenters. The molecule has 130 valence electrons. The highest BCUT2D eigenvalue weighted by Crippen LogP contribution is 2.46. The molecule has 7 heteroatoms. The smallest absolute Gasteiger partial charge is 0.347 e. The van der Waals surface area contributed by atoms with Crippen LogP contribution in [0.4, 0.5) is 0 Å².